The van der Waals surface area contributed by atoms with Crippen molar-refractivity contribution in [1.82, 2.24) is 0 Å². The third-order valence-corrected chi connectivity index (χ3v) is 4.64. The van der Waals surface area contributed by atoms with E-state index in [1.807, 2.05) is 36.4 Å². The summed E-state index contributed by atoms with van der Waals surface area (Å²) in [5.41, 5.74) is 2.02. The van der Waals surface area contributed by atoms with Crippen molar-refractivity contribution in [3.8, 4) is 22.3 Å². The minimum absolute atomic E-state index is 0.0782. The van der Waals surface area contributed by atoms with E-state index in [2.05, 4.69) is 0 Å². The van der Waals surface area contributed by atoms with Gasteiger partial charge in [-0.05, 0) is 28.8 Å². The Bertz CT molecular complexity index is 1050. The maximum atomic E-state index is 11.6. The van der Waals surface area contributed by atoms with Crippen molar-refractivity contribution in [2.24, 2.45) is 0 Å². The molecule has 0 saturated carbocycles. The van der Waals surface area contributed by atoms with Crippen molar-refractivity contribution >= 4 is 15.8 Å². The van der Waals surface area contributed by atoms with E-state index in [0.717, 1.165) is 29.3 Å². The summed E-state index contributed by atoms with van der Waals surface area (Å²) in [4.78, 5) is 10.0. The zero-order valence-electron chi connectivity index (χ0n) is 12.9. The molecule has 3 aromatic rings. The van der Waals surface area contributed by atoms with Gasteiger partial charge in [-0.1, -0.05) is 48.5 Å². The van der Waals surface area contributed by atoms with Crippen molar-refractivity contribution in [1.29, 1.82) is 0 Å². The van der Waals surface area contributed by atoms with E-state index < -0.39 is 15.0 Å². The first-order chi connectivity index (χ1) is 11.9. The van der Waals surface area contributed by atoms with Gasteiger partial charge in [-0.25, -0.2) is 0 Å². The average Bonchev–Trinajstić information content (AvgIpc) is 2.61. The van der Waals surface area contributed by atoms with Gasteiger partial charge in [-0.15, -0.1) is 0 Å². The van der Waals surface area contributed by atoms with Crippen LogP contribution < -0.4 is 0 Å². The minimum atomic E-state index is -4.52. The standard InChI is InChI=1S/C18H13NO5S/c20-19(21)16-9-10-18(25(22,23)24)17(12-16)15-8-4-7-14(11-15)13-5-2-1-3-6-13/h1-12H,(H,22,23,24). The van der Waals surface area contributed by atoms with Gasteiger partial charge in [0.2, 0.25) is 0 Å². The van der Waals surface area contributed by atoms with Gasteiger partial charge in [0.25, 0.3) is 15.8 Å². The Morgan fingerprint density at radius 1 is 0.800 bits per heavy atom. The molecule has 0 amide bonds. The Kier molecular flexibility index (Phi) is 4.35. The monoisotopic (exact) mass is 355 g/mol. The van der Waals surface area contributed by atoms with Crippen molar-refractivity contribution in [3.05, 3.63) is 82.9 Å². The van der Waals surface area contributed by atoms with Crippen LogP contribution in [0, 0.1) is 10.1 Å². The van der Waals surface area contributed by atoms with Crippen LogP contribution in [-0.4, -0.2) is 17.9 Å². The summed E-state index contributed by atoms with van der Waals surface area (Å²) >= 11 is 0. The topological polar surface area (TPSA) is 97.5 Å². The molecule has 0 unspecified atom stereocenters. The van der Waals surface area contributed by atoms with E-state index in [1.165, 1.54) is 0 Å². The number of nitro groups is 1. The lowest BCUT2D eigenvalue weighted by atomic mass is 9.99. The third kappa shape index (κ3) is 3.57. The van der Waals surface area contributed by atoms with Crippen LogP contribution in [0.5, 0.6) is 0 Å². The highest BCUT2D eigenvalue weighted by Gasteiger charge is 2.20. The van der Waals surface area contributed by atoms with Gasteiger partial charge in [0, 0.05) is 17.7 Å². The number of nitro benzene ring substituents is 1. The minimum Gasteiger partial charge on any atom is -0.282 e. The van der Waals surface area contributed by atoms with E-state index in [4.69, 9.17) is 0 Å². The Hall–Kier alpha value is -3.03. The predicted molar refractivity (Wildman–Crippen MR) is 93.8 cm³/mol. The number of nitrogens with zero attached hydrogens (tertiary/aromatic N) is 1. The second kappa shape index (κ2) is 6.46. The quantitative estimate of drug-likeness (QED) is 0.430. The Balaban J connectivity index is 2.22. The van der Waals surface area contributed by atoms with Crippen molar-refractivity contribution in [3.63, 3.8) is 0 Å². The van der Waals surface area contributed by atoms with Crippen LogP contribution in [0.15, 0.2) is 77.7 Å². The average molecular weight is 355 g/mol. The number of rotatable bonds is 4. The molecule has 6 nitrogen and oxygen atoms in total. The first-order valence-corrected chi connectivity index (χ1v) is 8.72. The van der Waals surface area contributed by atoms with Gasteiger partial charge in [-0.2, -0.15) is 8.42 Å². The fourth-order valence-electron chi connectivity index (χ4n) is 2.58. The third-order valence-electron chi connectivity index (χ3n) is 3.73. The highest BCUT2D eigenvalue weighted by atomic mass is 32.2. The molecule has 1 N–H and O–H groups in total. The Labute approximate surface area is 144 Å². The van der Waals surface area contributed by atoms with Crippen LogP contribution in [0.2, 0.25) is 0 Å². The molecule has 0 aromatic heterocycles. The van der Waals surface area contributed by atoms with E-state index in [1.54, 1.807) is 18.2 Å². The number of non-ortho nitro benzene ring substituents is 1. The lowest BCUT2D eigenvalue weighted by Gasteiger charge is -2.09. The van der Waals surface area contributed by atoms with E-state index >= 15 is 0 Å². The predicted octanol–water partition coefficient (Wildman–Crippen LogP) is 4.18. The summed E-state index contributed by atoms with van der Waals surface area (Å²) in [6.45, 7) is 0. The summed E-state index contributed by atoms with van der Waals surface area (Å²) in [5, 5.41) is 11.0. The molecule has 7 heteroatoms. The lowest BCUT2D eigenvalue weighted by Crippen LogP contribution is -2.02. The smallest absolute Gasteiger partial charge is 0.282 e. The fraction of sp³-hybridized carbons (Fsp3) is 0. The largest absolute Gasteiger partial charge is 0.295 e. The van der Waals surface area contributed by atoms with Gasteiger partial charge < -0.3 is 0 Å². The molecular formula is C18H13NO5S. The number of benzene rings is 3. The Morgan fingerprint density at radius 2 is 1.44 bits per heavy atom. The lowest BCUT2D eigenvalue weighted by molar-refractivity contribution is -0.384. The van der Waals surface area contributed by atoms with Crippen LogP contribution in [0.3, 0.4) is 0 Å². The molecule has 25 heavy (non-hydrogen) atoms. The summed E-state index contributed by atoms with van der Waals surface area (Å²) in [5.74, 6) is 0. The van der Waals surface area contributed by atoms with E-state index in [0.29, 0.717) is 5.56 Å². The van der Waals surface area contributed by atoms with Gasteiger partial charge >= 0.3 is 0 Å². The molecule has 0 atom stereocenters. The molecule has 3 aromatic carbocycles. The second-order valence-electron chi connectivity index (χ2n) is 5.36. The van der Waals surface area contributed by atoms with Gasteiger partial charge in [0.05, 0.1) is 4.92 Å². The summed E-state index contributed by atoms with van der Waals surface area (Å²) in [7, 11) is -4.52. The molecule has 0 spiro atoms. The van der Waals surface area contributed by atoms with Gasteiger partial charge in [0.15, 0.2) is 0 Å². The molecule has 0 heterocycles. The summed E-state index contributed by atoms with van der Waals surface area (Å²) in [6.07, 6.45) is 0. The molecule has 0 aliphatic heterocycles. The maximum absolute atomic E-state index is 11.6. The molecule has 0 saturated heterocycles. The molecular weight excluding hydrogens is 342 g/mol. The van der Waals surface area contributed by atoms with Crippen LogP contribution in [-0.2, 0) is 10.1 Å². The van der Waals surface area contributed by atoms with Crippen molar-refractivity contribution < 1.29 is 17.9 Å². The van der Waals surface area contributed by atoms with Crippen LogP contribution in [0.4, 0.5) is 5.69 Å². The van der Waals surface area contributed by atoms with Crippen LogP contribution in [0.1, 0.15) is 0 Å². The molecule has 0 bridgehead atoms. The number of hydrogen-bond acceptors (Lipinski definition) is 4. The first-order valence-electron chi connectivity index (χ1n) is 7.28. The van der Waals surface area contributed by atoms with Gasteiger partial charge in [0.1, 0.15) is 4.90 Å². The van der Waals surface area contributed by atoms with Crippen LogP contribution >= 0.6 is 0 Å². The molecule has 0 aliphatic carbocycles. The number of hydrogen-bond donors (Lipinski definition) is 1. The fourth-order valence-corrected chi connectivity index (χ4v) is 3.27. The SMILES string of the molecule is O=[N+]([O-])c1ccc(S(=O)(=O)O)c(-c2cccc(-c3ccccc3)c2)c1. The van der Waals surface area contributed by atoms with Crippen molar-refractivity contribution in [2.75, 3.05) is 0 Å². The maximum Gasteiger partial charge on any atom is 0.295 e. The van der Waals surface area contributed by atoms with E-state index in [9.17, 15) is 23.1 Å². The summed E-state index contributed by atoms with van der Waals surface area (Å²) in [6, 6.07) is 19.6. The molecule has 0 aliphatic rings. The molecule has 126 valence electrons. The van der Waals surface area contributed by atoms with Gasteiger partial charge in [-0.3, -0.25) is 14.7 Å². The Morgan fingerprint density at radius 3 is 2.08 bits per heavy atom. The highest BCUT2D eigenvalue weighted by Crippen LogP contribution is 2.33. The first kappa shape index (κ1) is 16.8. The van der Waals surface area contributed by atoms with Crippen LogP contribution in [0.25, 0.3) is 22.3 Å². The normalized spacial score (nSPS) is 11.2. The molecule has 3 rings (SSSR count). The zero-order valence-corrected chi connectivity index (χ0v) is 13.7. The van der Waals surface area contributed by atoms with E-state index in [-0.39, 0.29) is 16.1 Å². The summed E-state index contributed by atoms with van der Waals surface area (Å²) < 4.78 is 32.7. The molecule has 0 radical (unpaired) electrons. The molecule has 0 fully saturated rings. The van der Waals surface area contributed by atoms with Crippen molar-refractivity contribution in [2.45, 2.75) is 4.90 Å². The highest BCUT2D eigenvalue weighted by molar-refractivity contribution is 7.86. The second-order valence-corrected chi connectivity index (χ2v) is 6.75. The zero-order chi connectivity index (χ0) is 18.0.